The number of allylic oxidation sites excluding steroid dienone is 2. The summed E-state index contributed by atoms with van der Waals surface area (Å²) in [6.07, 6.45) is 6.74. The number of aliphatic hydroxyl groups excluding tert-OH is 1. The van der Waals surface area contributed by atoms with Gasteiger partial charge in [0, 0.05) is 0 Å². The van der Waals surface area contributed by atoms with E-state index in [2.05, 4.69) is 19.1 Å². The molecular formula is C9H14O. The monoisotopic (exact) mass is 138 g/mol. The maximum absolute atomic E-state index is 9.47. The van der Waals surface area contributed by atoms with Gasteiger partial charge in [0.05, 0.1) is 6.10 Å². The first kappa shape index (κ1) is 6.41. The Morgan fingerprint density at radius 1 is 1.50 bits per heavy atom. The van der Waals surface area contributed by atoms with Gasteiger partial charge in [0.15, 0.2) is 0 Å². The van der Waals surface area contributed by atoms with Gasteiger partial charge < -0.3 is 5.11 Å². The molecule has 0 aliphatic heterocycles. The smallest absolute Gasteiger partial charge is 0.0574 e. The molecule has 0 bridgehead atoms. The Bertz CT molecular complexity index is 162. The van der Waals surface area contributed by atoms with Crippen molar-refractivity contribution >= 4 is 0 Å². The van der Waals surface area contributed by atoms with Crippen LogP contribution in [0.25, 0.3) is 0 Å². The predicted molar refractivity (Wildman–Crippen MR) is 40.5 cm³/mol. The van der Waals surface area contributed by atoms with Crippen LogP contribution in [0.4, 0.5) is 0 Å². The molecule has 10 heavy (non-hydrogen) atoms. The molecule has 1 heteroatoms. The Kier molecular flexibility index (Phi) is 1.34. The van der Waals surface area contributed by atoms with Crippen molar-refractivity contribution in [3.05, 3.63) is 12.2 Å². The van der Waals surface area contributed by atoms with Gasteiger partial charge in [-0.25, -0.2) is 0 Å². The Morgan fingerprint density at radius 2 is 2.30 bits per heavy atom. The van der Waals surface area contributed by atoms with E-state index in [9.17, 15) is 5.11 Å². The van der Waals surface area contributed by atoms with E-state index in [0.29, 0.717) is 11.8 Å². The van der Waals surface area contributed by atoms with Gasteiger partial charge in [-0.2, -0.15) is 0 Å². The molecular weight excluding hydrogens is 124 g/mol. The van der Waals surface area contributed by atoms with Crippen LogP contribution in [0.2, 0.25) is 0 Å². The number of aliphatic hydroxyl groups is 1. The first-order chi connectivity index (χ1) is 4.79. The lowest BCUT2D eigenvalue weighted by atomic mass is 9.94. The lowest BCUT2D eigenvalue weighted by Gasteiger charge is -2.12. The van der Waals surface area contributed by atoms with Gasteiger partial charge in [-0.3, -0.25) is 0 Å². The summed E-state index contributed by atoms with van der Waals surface area (Å²) >= 11 is 0. The Labute approximate surface area is 61.8 Å². The van der Waals surface area contributed by atoms with E-state index >= 15 is 0 Å². The summed E-state index contributed by atoms with van der Waals surface area (Å²) in [4.78, 5) is 0. The minimum Gasteiger partial charge on any atom is -0.393 e. The van der Waals surface area contributed by atoms with Crippen molar-refractivity contribution < 1.29 is 5.11 Å². The first-order valence-corrected chi connectivity index (χ1v) is 4.14. The average Bonchev–Trinajstić information content (AvgIpc) is 2.41. The number of fused-ring (bicyclic) bond motifs is 1. The van der Waals surface area contributed by atoms with Crippen LogP contribution in [0.15, 0.2) is 12.2 Å². The highest BCUT2D eigenvalue weighted by molar-refractivity contribution is 5.08. The highest BCUT2D eigenvalue weighted by Gasteiger charge is 2.39. The highest BCUT2D eigenvalue weighted by Crippen LogP contribution is 2.43. The van der Waals surface area contributed by atoms with Crippen molar-refractivity contribution in [1.29, 1.82) is 0 Å². The molecule has 0 saturated heterocycles. The summed E-state index contributed by atoms with van der Waals surface area (Å²) in [7, 11) is 0. The molecule has 0 aromatic heterocycles. The lowest BCUT2D eigenvalue weighted by Crippen LogP contribution is -2.13. The maximum atomic E-state index is 9.47. The second-order valence-electron chi connectivity index (χ2n) is 3.66. The molecule has 2 rings (SSSR count). The molecule has 0 unspecified atom stereocenters. The van der Waals surface area contributed by atoms with Gasteiger partial charge in [0.2, 0.25) is 0 Å². The van der Waals surface area contributed by atoms with E-state index in [0.717, 1.165) is 12.3 Å². The molecule has 1 saturated carbocycles. The van der Waals surface area contributed by atoms with Gasteiger partial charge >= 0.3 is 0 Å². The zero-order valence-corrected chi connectivity index (χ0v) is 6.33. The van der Waals surface area contributed by atoms with E-state index in [1.165, 1.54) is 6.42 Å². The molecule has 0 aromatic rings. The van der Waals surface area contributed by atoms with Crippen molar-refractivity contribution in [1.82, 2.24) is 0 Å². The topological polar surface area (TPSA) is 20.2 Å². The summed E-state index contributed by atoms with van der Waals surface area (Å²) in [6.45, 7) is 2.16. The third kappa shape index (κ3) is 0.734. The van der Waals surface area contributed by atoms with Crippen LogP contribution in [0.5, 0.6) is 0 Å². The third-order valence-electron chi connectivity index (χ3n) is 3.10. The SMILES string of the molecule is C[C@@H]1[C@H]2C=CC[C@H]2C[C@H]1O. The maximum Gasteiger partial charge on any atom is 0.0574 e. The van der Waals surface area contributed by atoms with Gasteiger partial charge in [0.1, 0.15) is 0 Å². The fourth-order valence-electron chi connectivity index (χ4n) is 2.36. The van der Waals surface area contributed by atoms with Crippen LogP contribution in [0.1, 0.15) is 19.8 Å². The molecule has 0 aromatic carbocycles. The molecule has 2 aliphatic rings. The van der Waals surface area contributed by atoms with Crippen LogP contribution in [0.3, 0.4) is 0 Å². The Hall–Kier alpha value is -0.300. The van der Waals surface area contributed by atoms with E-state index in [1.807, 2.05) is 0 Å². The van der Waals surface area contributed by atoms with E-state index in [-0.39, 0.29) is 6.10 Å². The minimum absolute atomic E-state index is 0.0278. The zero-order chi connectivity index (χ0) is 7.14. The van der Waals surface area contributed by atoms with Crippen LogP contribution in [-0.4, -0.2) is 11.2 Å². The summed E-state index contributed by atoms with van der Waals surface area (Å²) in [6, 6.07) is 0. The summed E-state index contributed by atoms with van der Waals surface area (Å²) < 4.78 is 0. The van der Waals surface area contributed by atoms with Crippen molar-refractivity contribution in [3.63, 3.8) is 0 Å². The summed E-state index contributed by atoms with van der Waals surface area (Å²) in [5, 5.41) is 9.47. The molecule has 56 valence electrons. The predicted octanol–water partition coefficient (Wildman–Crippen LogP) is 1.58. The van der Waals surface area contributed by atoms with Crippen LogP contribution in [0, 0.1) is 17.8 Å². The first-order valence-electron chi connectivity index (χ1n) is 4.14. The Balaban J connectivity index is 2.16. The minimum atomic E-state index is -0.0278. The van der Waals surface area contributed by atoms with Crippen LogP contribution in [-0.2, 0) is 0 Å². The average molecular weight is 138 g/mol. The molecule has 0 heterocycles. The zero-order valence-electron chi connectivity index (χ0n) is 6.33. The van der Waals surface area contributed by atoms with E-state index in [1.54, 1.807) is 0 Å². The quantitative estimate of drug-likeness (QED) is 0.504. The molecule has 0 amide bonds. The van der Waals surface area contributed by atoms with E-state index in [4.69, 9.17) is 0 Å². The molecule has 1 nitrogen and oxygen atoms in total. The standard InChI is InChI=1S/C9H14O/c1-6-8-4-2-3-7(8)5-9(6)10/h2,4,6-10H,3,5H2,1H3/t6-,7+,8-,9-/m1/s1. The fourth-order valence-corrected chi connectivity index (χ4v) is 2.36. The largest absolute Gasteiger partial charge is 0.393 e. The van der Waals surface area contributed by atoms with Crippen molar-refractivity contribution in [2.45, 2.75) is 25.9 Å². The number of rotatable bonds is 0. The van der Waals surface area contributed by atoms with Crippen molar-refractivity contribution in [3.8, 4) is 0 Å². The second-order valence-corrected chi connectivity index (χ2v) is 3.66. The normalized spacial score (nSPS) is 51.8. The molecule has 1 N–H and O–H groups in total. The number of hydrogen-bond donors (Lipinski definition) is 1. The van der Waals surface area contributed by atoms with Gasteiger partial charge in [-0.05, 0) is 30.6 Å². The lowest BCUT2D eigenvalue weighted by molar-refractivity contribution is 0.133. The molecule has 2 aliphatic carbocycles. The van der Waals surface area contributed by atoms with Gasteiger partial charge in [-0.1, -0.05) is 19.1 Å². The molecule has 0 radical (unpaired) electrons. The van der Waals surface area contributed by atoms with Gasteiger partial charge in [-0.15, -0.1) is 0 Å². The molecule has 1 fully saturated rings. The van der Waals surface area contributed by atoms with Crippen LogP contribution >= 0.6 is 0 Å². The van der Waals surface area contributed by atoms with Crippen LogP contribution < -0.4 is 0 Å². The second kappa shape index (κ2) is 2.09. The third-order valence-corrected chi connectivity index (χ3v) is 3.10. The van der Waals surface area contributed by atoms with E-state index < -0.39 is 0 Å². The summed E-state index contributed by atoms with van der Waals surface area (Å²) in [5.41, 5.74) is 0. The number of hydrogen-bond acceptors (Lipinski definition) is 1. The van der Waals surface area contributed by atoms with Gasteiger partial charge in [0.25, 0.3) is 0 Å². The molecule has 0 spiro atoms. The van der Waals surface area contributed by atoms with Crippen molar-refractivity contribution in [2.24, 2.45) is 17.8 Å². The molecule has 4 atom stereocenters. The summed E-state index contributed by atoms with van der Waals surface area (Å²) in [5.74, 6) is 1.96. The highest BCUT2D eigenvalue weighted by atomic mass is 16.3. The fraction of sp³-hybridized carbons (Fsp3) is 0.778. The van der Waals surface area contributed by atoms with Crippen molar-refractivity contribution in [2.75, 3.05) is 0 Å². The Morgan fingerprint density at radius 3 is 3.00 bits per heavy atom.